The lowest BCUT2D eigenvalue weighted by molar-refractivity contribution is 0.0836. The fourth-order valence-electron chi connectivity index (χ4n) is 1.48. The third kappa shape index (κ3) is 1.89. The zero-order valence-corrected chi connectivity index (χ0v) is 7.27. The van der Waals surface area contributed by atoms with Crippen LogP contribution in [0, 0.1) is 0 Å². The van der Waals surface area contributed by atoms with Gasteiger partial charge >= 0.3 is 0 Å². The van der Waals surface area contributed by atoms with Gasteiger partial charge in [0.2, 0.25) is 0 Å². The fraction of sp³-hybridized carbons (Fsp3) is 0.444. The van der Waals surface area contributed by atoms with E-state index in [4.69, 9.17) is 10.8 Å². The van der Waals surface area contributed by atoms with Gasteiger partial charge in [-0.25, -0.2) is 0 Å². The van der Waals surface area contributed by atoms with Crippen LogP contribution in [0.25, 0.3) is 0 Å². The van der Waals surface area contributed by atoms with Crippen LogP contribution in [0.15, 0.2) is 18.5 Å². The number of aliphatic hydroxyl groups is 1. The van der Waals surface area contributed by atoms with E-state index in [9.17, 15) is 0 Å². The zero-order chi connectivity index (χ0) is 9.26. The Bertz CT molecular complexity index is 297. The molecule has 0 amide bonds. The lowest BCUT2D eigenvalue weighted by atomic mass is 9.89. The molecule has 1 aliphatic rings. The summed E-state index contributed by atoms with van der Waals surface area (Å²) in [6.45, 7) is 0. The van der Waals surface area contributed by atoms with Gasteiger partial charge in [-0.2, -0.15) is 0 Å². The lowest BCUT2D eigenvalue weighted by Gasteiger charge is -2.32. The first-order valence-electron chi connectivity index (χ1n) is 4.39. The number of hydrogen-bond acceptors (Lipinski definition) is 4. The summed E-state index contributed by atoms with van der Waals surface area (Å²) in [6.07, 6.45) is 4.84. The van der Waals surface area contributed by atoms with E-state index in [2.05, 4.69) is 10.3 Å². The topological polar surface area (TPSA) is 71.2 Å². The minimum absolute atomic E-state index is 0.133. The molecule has 1 aromatic heterocycles. The maximum absolute atomic E-state index is 9.07. The summed E-state index contributed by atoms with van der Waals surface area (Å²) in [6, 6.07) is 2.22. The van der Waals surface area contributed by atoms with Gasteiger partial charge in [-0.1, -0.05) is 0 Å². The Morgan fingerprint density at radius 3 is 2.85 bits per heavy atom. The summed E-state index contributed by atoms with van der Waals surface area (Å²) in [4.78, 5) is 3.96. The Labute approximate surface area is 76.8 Å². The maximum atomic E-state index is 9.07. The van der Waals surface area contributed by atoms with Crippen molar-refractivity contribution in [1.82, 2.24) is 4.98 Å². The van der Waals surface area contributed by atoms with E-state index < -0.39 is 0 Å². The number of anilines is 2. The van der Waals surface area contributed by atoms with Crippen LogP contribution in [0.1, 0.15) is 12.8 Å². The van der Waals surface area contributed by atoms with Crippen molar-refractivity contribution in [3.8, 4) is 0 Å². The Balaban J connectivity index is 1.94. The van der Waals surface area contributed by atoms with Crippen LogP contribution in [-0.2, 0) is 0 Å². The smallest absolute Gasteiger partial charge is 0.0579 e. The lowest BCUT2D eigenvalue weighted by Crippen LogP contribution is -2.38. The van der Waals surface area contributed by atoms with Crippen LogP contribution in [0.3, 0.4) is 0 Å². The third-order valence-corrected chi connectivity index (χ3v) is 2.24. The van der Waals surface area contributed by atoms with E-state index >= 15 is 0 Å². The summed E-state index contributed by atoms with van der Waals surface area (Å²) in [7, 11) is 0. The van der Waals surface area contributed by atoms with Crippen molar-refractivity contribution in [2.45, 2.75) is 25.0 Å². The molecule has 1 aromatic rings. The predicted octanol–water partition coefficient (Wildman–Crippen LogP) is 0.599. The molecule has 2 rings (SSSR count). The number of nitrogen functional groups attached to an aromatic ring is 1. The summed E-state index contributed by atoms with van der Waals surface area (Å²) >= 11 is 0. The van der Waals surface area contributed by atoms with E-state index in [1.165, 1.54) is 0 Å². The predicted molar refractivity (Wildman–Crippen MR) is 51.3 cm³/mol. The SMILES string of the molecule is Nc1cncc(NC2CC(O)C2)c1. The van der Waals surface area contributed by atoms with Gasteiger partial charge in [-0.05, 0) is 18.9 Å². The number of nitrogens with two attached hydrogens (primary N) is 1. The molecule has 1 aliphatic carbocycles. The van der Waals surface area contributed by atoms with Crippen LogP contribution in [0.4, 0.5) is 11.4 Å². The highest BCUT2D eigenvalue weighted by Gasteiger charge is 2.26. The first-order valence-corrected chi connectivity index (χ1v) is 4.39. The molecule has 0 atom stereocenters. The molecule has 0 saturated heterocycles. The largest absolute Gasteiger partial charge is 0.397 e. The first kappa shape index (κ1) is 8.31. The molecule has 70 valence electrons. The molecule has 4 heteroatoms. The van der Waals surface area contributed by atoms with E-state index in [-0.39, 0.29) is 6.10 Å². The van der Waals surface area contributed by atoms with Crippen LogP contribution >= 0.6 is 0 Å². The van der Waals surface area contributed by atoms with Crippen molar-refractivity contribution in [2.24, 2.45) is 0 Å². The second kappa shape index (κ2) is 3.22. The third-order valence-electron chi connectivity index (χ3n) is 2.24. The zero-order valence-electron chi connectivity index (χ0n) is 7.27. The van der Waals surface area contributed by atoms with Crippen molar-refractivity contribution in [3.63, 3.8) is 0 Å². The number of rotatable bonds is 2. The molecule has 13 heavy (non-hydrogen) atoms. The number of pyridine rings is 1. The minimum atomic E-state index is -0.133. The number of aliphatic hydroxyl groups excluding tert-OH is 1. The molecule has 1 saturated carbocycles. The molecule has 0 bridgehead atoms. The van der Waals surface area contributed by atoms with Crippen molar-refractivity contribution < 1.29 is 5.11 Å². The van der Waals surface area contributed by atoms with E-state index in [0.717, 1.165) is 18.5 Å². The van der Waals surface area contributed by atoms with Gasteiger partial charge in [0.05, 0.1) is 23.7 Å². The Hall–Kier alpha value is -1.29. The molecule has 4 N–H and O–H groups in total. The Morgan fingerprint density at radius 2 is 2.23 bits per heavy atom. The number of nitrogens with one attached hydrogen (secondary N) is 1. The van der Waals surface area contributed by atoms with E-state index in [1.54, 1.807) is 12.4 Å². The molecule has 0 spiro atoms. The van der Waals surface area contributed by atoms with Crippen molar-refractivity contribution in [3.05, 3.63) is 18.5 Å². The van der Waals surface area contributed by atoms with Crippen molar-refractivity contribution in [2.75, 3.05) is 11.1 Å². The van der Waals surface area contributed by atoms with Gasteiger partial charge in [0.1, 0.15) is 0 Å². The monoisotopic (exact) mass is 179 g/mol. The summed E-state index contributed by atoms with van der Waals surface area (Å²) in [5.74, 6) is 0. The van der Waals surface area contributed by atoms with Gasteiger partial charge in [0, 0.05) is 12.2 Å². The van der Waals surface area contributed by atoms with Gasteiger partial charge in [-0.3, -0.25) is 4.98 Å². The molecule has 0 aliphatic heterocycles. The Kier molecular flexibility index (Phi) is 2.06. The molecular formula is C9H13N3O. The molecular weight excluding hydrogens is 166 g/mol. The van der Waals surface area contributed by atoms with E-state index in [0.29, 0.717) is 11.7 Å². The quantitative estimate of drug-likeness (QED) is 0.621. The van der Waals surface area contributed by atoms with E-state index in [1.807, 2.05) is 6.07 Å². The molecule has 0 aromatic carbocycles. The van der Waals surface area contributed by atoms with Gasteiger partial charge in [0.15, 0.2) is 0 Å². The average Bonchev–Trinajstić information content (AvgIpc) is 2.01. The fourth-order valence-corrected chi connectivity index (χ4v) is 1.48. The summed E-state index contributed by atoms with van der Waals surface area (Å²) < 4.78 is 0. The standard InChI is InChI=1S/C9H13N3O/c10-6-1-8(5-11-4-6)12-7-2-9(13)3-7/h1,4-5,7,9,12-13H,2-3,10H2. The van der Waals surface area contributed by atoms with Gasteiger partial charge < -0.3 is 16.2 Å². The normalized spacial score (nSPS) is 26.5. The van der Waals surface area contributed by atoms with Gasteiger partial charge in [0.25, 0.3) is 0 Å². The highest BCUT2D eigenvalue weighted by molar-refractivity contribution is 5.51. The molecule has 4 nitrogen and oxygen atoms in total. The van der Waals surface area contributed by atoms with Gasteiger partial charge in [-0.15, -0.1) is 0 Å². The number of hydrogen-bond donors (Lipinski definition) is 3. The van der Waals surface area contributed by atoms with Crippen molar-refractivity contribution in [1.29, 1.82) is 0 Å². The second-order valence-electron chi connectivity index (χ2n) is 3.47. The minimum Gasteiger partial charge on any atom is -0.397 e. The second-order valence-corrected chi connectivity index (χ2v) is 3.47. The number of aromatic nitrogens is 1. The molecule has 0 unspecified atom stereocenters. The maximum Gasteiger partial charge on any atom is 0.0579 e. The summed E-state index contributed by atoms with van der Waals surface area (Å²) in [5, 5.41) is 12.3. The average molecular weight is 179 g/mol. The van der Waals surface area contributed by atoms with Crippen LogP contribution in [0.5, 0.6) is 0 Å². The summed E-state index contributed by atoms with van der Waals surface area (Å²) in [5.41, 5.74) is 7.15. The highest BCUT2D eigenvalue weighted by Crippen LogP contribution is 2.24. The van der Waals surface area contributed by atoms with Crippen LogP contribution in [-0.4, -0.2) is 22.2 Å². The molecule has 0 radical (unpaired) electrons. The highest BCUT2D eigenvalue weighted by atomic mass is 16.3. The molecule has 1 fully saturated rings. The van der Waals surface area contributed by atoms with Crippen LogP contribution < -0.4 is 11.1 Å². The Morgan fingerprint density at radius 1 is 1.46 bits per heavy atom. The molecule has 1 heterocycles. The van der Waals surface area contributed by atoms with Crippen molar-refractivity contribution >= 4 is 11.4 Å². The first-order chi connectivity index (χ1) is 6.24. The number of nitrogens with zero attached hydrogens (tertiary/aromatic N) is 1. The van der Waals surface area contributed by atoms with Crippen LogP contribution in [0.2, 0.25) is 0 Å².